The van der Waals surface area contributed by atoms with Crippen LogP contribution in [-0.4, -0.2) is 7.11 Å². The molecule has 5 heteroatoms. The predicted octanol–water partition coefficient (Wildman–Crippen LogP) is 4.81. The third kappa shape index (κ3) is 3.42. The summed E-state index contributed by atoms with van der Waals surface area (Å²) in [5.41, 5.74) is 8.06. The lowest BCUT2D eigenvalue weighted by molar-refractivity contribution is 0.415. The number of hydrogen-bond donors (Lipinski definition) is 1. The monoisotopic (exact) mass is 359 g/mol. The maximum Gasteiger partial charge on any atom is 0.137 e. The van der Waals surface area contributed by atoms with Crippen LogP contribution in [0.15, 0.2) is 40.9 Å². The Labute approximate surface area is 130 Å². The largest absolute Gasteiger partial charge is 0.495 e. The van der Waals surface area contributed by atoms with Gasteiger partial charge in [-0.3, -0.25) is 0 Å². The van der Waals surface area contributed by atoms with Crippen LogP contribution in [0.4, 0.5) is 0 Å². The van der Waals surface area contributed by atoms with Crippen molar-refractivity contribution >= 4 is 39.1 Å². The van der Waals surface area contributed by atoms with E-state index in [1.807, 2.05) is 24.3 Å². The zero-order valence-electron chi connectivity index (χ0n) is 10.2. The van der Waals surface area contributed by atoms with Gasteiger partial charge in [0.1, 0.15) is 5.75 Å². The Kier molecular flexibility index (Phi) is 4.74. The first-order valence-electron chi connectivity index (χ1n) is 5.56. The van der Waals surface area contributed by atoms with Crippen molar-refractivity contribution in [2.45, 2.75) is 6.04 Å². The minimum Gasteiger partial charge on any atom is -0.495 e. The van der Waals surface area contributed by atoms with E-state index < -0.39 is 0 Å². The Hall–Kier alpha value is -0.740. The normalized spacial score (nSPS) is 12.3. The van der Waals surface area contributed by atoms with Gasteiger partial charge in [-0.25, -0.2) is 0 Å². The molecule has 1 atom stereocenters. The highest BCUT2D eigenvalue weighted by molar-refractivity contribution is 9.10. The molecule has 0 saturated carbocycles. The summed E-state index contributed by atoms with van der Waals surface area (Å²) in [4.78, 5) is 0. The zero-order chi connectivity index (χ0) is 14.0. The standard InChI is InChI=1S/C14H12BrCl2NO/c1-19-13-3-2-8(6-12(13)17)14(18)9-4-10(15)7-11(16)5-9/h2-7,14H,18H2,1H3. The summed E-state index contributed by atoms with van der Waals surface area (Å²) in [5, 5.41) is 1.18. The molecule has 2 nitrogen and oxygen atoms in total. The number of halogens is 3. The number of ether oxygens (including phenoxy) is 1. The van der Waals surface area contributed by atoms with Gasteiger partial charge in [0, 0.05) is 9.50 Å². The highest BCUT2D eigenvalue weighted by Gasteiger charge is 2.12. The third-order valence-corrected chi connectivity index (χ3v) is 3.75. The van der Waals surface area contributed by atoms with E-state index in [9.17, 15) is 0 Å². The number of rotatable bonds is 3. The summed E-state index contributed by atoms with van der Waals surface area (Å²) < 4.78 is 6.02. The van der Waals surface area contributed by atoms with Gasteiger partial charge in [-0.15, -0.1) is 0 Å². The third-order valence-electron chi connectivity index (χ3n) is 2.78. The van der Waals surface area contributed by atoms with E-state index >= 15 is 0 Å². The molecular formula is C14H12BrCl2NO. The highest BCUT2D eigenvalue weighted by Crippen LogP contribution is 2.31. The van der Waals surface area contributed by atoms with Crippen LogP contribution in [0.5, 0.6) is 5.75 Å². The van der Waals surface area contributed by atoms with Gasteiger partial charge in [-0.2, -0.15) is 0 Å². The molecule has 0 aliphatic carbocycles. The fraction of sp³-hybridized carbons (Fsp3) is 0.143. The molecule has 0 aliphatic rings. The molecule has 0 amide bonds. The minimum atomic E-state index is -0.293. The van der Waals surface area contributed by atoms with Crippen molar-refractivity contribution in [1.82, 2.24) is 0 Å². The lowest BCUT2D eigenvalue weighted by atomic mass is 9.99. The van der Waals surface area contributed by atoms with Crippen molar-refractivity contribution in [1.29, 1.82) is 0 Å². The lowest BCUT2D eigenvalue weighted by Crippen LogP contribution is -2.12. The fourth-order valence-electron chi connectivity index (χ4n) is 1.82. The Morgan fingerprint density at radius 1 is 1.11 bits per heavy atom. The van der Waals surface area contributed by atoms with E-state index in [0.29, 0.717) is 15.8 Å². The Morgan fingerprint density at radius 2 is 1.84 bits per heavy atom. The van der Waals surface area contributed by atoms with Gasteiger partial charge in [-0.05, 0) is 41.5 Å². The van der Waals surface area contributed by atoms with E-state index in [-0.39, 0.29) is 6.04 Å². The molecule has 100 valence electrons. The molecule has 0 radical (unpaired) electrons. The summed E-state index contributed by atoms with van der Waals surface area (Å²) in [6.45, 7) is 0. The van der Waals surface area contributed by atoms with Crippen LogP contribution < -0.4 is 10.5 Å². The summed E-state index contributed by atoms with van der Waals surface area (Å²) in [6.07, 6.45) is 0. The van der Waals surface area contributed by atoms with Crippen molar-refractivity contribution < 1.29 is 4.74 Å². The summed E-state index contributed by atoms with van der Waals surface area (Å²) in [6, 6.07) is 10.8. The van der Waals surface area contributed by atoms with Gasteiger partial charge in [0.15, 0.2) is 0 Å². The van der Waals surface area contributed by atoms with Crippen molar-refractivity contribution in [3.63, 3.8) is 0 Å². The van der Waals surface area contributed by atoms with E-state index in [4.69, 9.17) is 33.7 Å². The van der Waals surface area contributed by atoms with Crippen LogP contribution in [0.1, 0.15) is 17.2 Å². The number of methoxy groups -OCH3 is 1. The van der Waals surface area contributed by atoms with Crippen LogP contribution in [0.2, 0.25) is 10.0 Å². The SMILES string of the molecule is COc1ccc(C(N)c2cc(Cl)cc(Br)c2)cc1Cl. The van der Waals surface area contributed by atoms with Crippen molar-refractivity contribution in [3.05, 3.63) is 62.0 Å². The molecule has 0 bridgehead atoms. The summed E-state index contributed by atoms with van der Waals surface area (Å²) in [5.74, 6) is 0.630. The second kappa shape index (κ2) is 6.14. The number of hydrogen-bond acceptors (Lipinski definition) is 2. The molecule has 0 spiro atoms. The zero-order valence-corrected chi connectivity index (χ0v) is 13.3. The first-order chi connectivity index (χ1) is 9.01. The molecule has 2 aromatic rings. The number of benzene rings is 2. The second-order valence-electron chi connectivity index (χ2n) is 4.07. The molecular weight excluding hydrogens is 349 g/mol. The smallest absolute Gasteiger partial charge is 0.137 e. The Balaban J connectivity index is 2.38. The van der Waals surface area contributed by atoms with Crippen molar-refractivity contribution in [3.8, 4) is 5.75 Å². The molecule has 0 heterocycles. The van der Waals surface area contributed by atoms with Crippen LogP contribution in [-0.2, 0) is 0 Å². The Bertz CT molecular complexity index is 584. The van der Waals surface area contributed by atoms with Gasteiger partial charge in [0.2, 0.25) is 0 Å². The maximum atomic E-state index is 6.24. The van der Waals surface area contributed by atoms with Gasteiger partial charge in [0.05, 0.1) is 18.2 Å². The van der Waals surface area contributed by atoms with Gasteiger partial charge < -0.3 is 10.5 Å². The van der Waals surface area contributed by atoms with E-state index in [1.165, 1.54) is 0 Å². The molecule has 0 saturated heterocycles. The van der Waals surface area contributed by atoms with Crippen molar-refractivity contribution in [2.75, 3.05) is 7.11 Å². The molecule has 1 unspecified atom stereocenters. The molecule has 0 aromatic heterocycles. The van der Waals surface area contributed by atoms with Crippen LogP contribution in [0, 0.1) is 0 Å². The molecule has 2 N–H and O–H groups in total. The number of nitrogens with two attached hydrogens (primary N) is 1. The highest BCUT2D eigenvalue weighted by atomic mass is 79.9. The molecule has 0 fully saturated rings. The van der Waals surface area contributed by atoms with Crippen LogP contribution >= 0.6 is 39.1 Å². The second-order valence-corrected chi connectivity index (χ2v) is 5.83. The van der Waals surface area contributed by atoms with Crippen LogP contribution in [0.25, 0.3) is 0 Å². The van der Waals surface area contributed by atoms with Gasteiger partial charge in [0.25, 0.3) is 0 Å². The maximum absolute atomic E-state index is 6.24. The first-order valence-corrected chi connectivity index (χ1v) is 7.11. The molecule has 0 aliphatic heterocycles. The summed E-state index contributed by atoms with van der Waals surface area (Å²) in [7, 11) is 1.58. The first kappa shape index (κ1) is 14.7. The van der Waals surface area contributed by atoms with Crippen molar-refractivity contribution in [2.24, 2.45) is 5.73 Å². The Morgan fingerprint density at radius 3 is 2.42 bits per heavy atom. The van der Waals surface area contributed by atoms with Crippen LogP contribution in [0.3, 0.4) is 0 Å². The summed E-state index contributed by atoms with van der Waals surface area (Å²) >= 11 is 15.5. The van der Waals surface area contributed by atoms with Gasteiger partial charge >= 0.3 is 0 Å². The molecule has 2 aromatic carbocycles. The van der Waals surface area contributed by atoms with E-state index in [1.54, 1.807) is 19.2 Å². The molecule has 2 rings (SSSR count). The average Bonchev–Trinajstić information content (AvgIpc) is 2.36. The minimum absolute atomic E-state index is 0.293. The predicted molar refractivity (Wildman–Crippen MR) is 83.2 cm³/mol. The lowest BCUT2D eigenvalue weighted by Gasteiger charge is -2.15. The van der Waals surface area contributed by atoms with E-state index in [2.05, 4.69) is 15.9 Å². The van der Waals surface area contributed by atoms with E-state index in [0.717, 1.165) is 15.6 Å². The fourth-order valence-corrected chi connectivity index (χ4v) is 2.98. The quantitative estimate of drug-likeness (QED) is 0.852. The molecule has 19 heavy (non-hydrogen) atoms. The topological polar surface area (TPSA) is 35.2 Å². The van der Waals surface area contributed by atoms with Gasteiger partial charge in [-0.1, -0.05) is 45.2 Å². The average molecular weight is 361 g/mol.